The second kappa shape index (κ2) is 13.8. The normalized spacial score (nSPS) is 22.0. The van der Waals surface area contributed by atoms with Crippen molar-refractivity contribution in [2.75, 3.05) is 31.6 Å². The molecule has 1 N–H and O–H groups in total. The van der Waals surface area contributed by atoms with Gasteiger partial charge in [-0.05, 0) is 86.1 Å². The second-order valence-corrected chi connectivity index (χ2v) is 14.2. The van der Waals surface area contributed by atoms with E-state index >= 15 is 0 Å². The first-order valence-corrected chi connectivity index (χ1v) is 17.9. The average Bonchev–Trinajstić information content (AvgIpc) is 3.83. The number of carbonyl (C=O) groups excluding carboxylic acids is 2. The number of piperidine rings is 1. The molecule has 3 amide bonds. The van der Waals surface area contributed by atoms with Crippen LogP contribution in [0.2, 0.25) is 10.0 Å². The average molecular weight is 702 g/mol. The standard InChI is InChI=1S/C38H38Cl2N4O5/c39-32-5-2-6-33(40)34(32)35-31(36(49-42-35)24-9-10-24)22-48-30-20-28-13-14-29(21-30)44(28)38(46)41-27-4-1-3-26(19-27)23-7-11-25(12-8-23)37(45)43-15-17-47-18-16-43/h1-8,11-12,19,24,28-30H,9-10,13-18,20-22H2,(H,41,46). The van der Waals surface area contributed by atoms with Crippen LogP contribution in [0.15, 0.2) is 71.3 Å². The van der Waals surface area contributed by atoms with Gasteiger partial charge in [-0.15, -0.1) is 0 Å². The Hall–Kier alpha value is -3.89. The summed E-state index contributed by atoms with van der Waals surface area (Å²) in [6, 6.07) is 21.0. The molecule has 2 atom stereocenters. The Morgan fingerprint density at radius 3 is 2.27 bits per heavy atom. The van der Waals surface area contributed by atoms with E-state index in [1.165, 1.54) is 0 Å². The SMILES string of the molecule is O=C(c1ccc(-c2cccc(NC(=O)N3C4CCC3CC(OCc3c(-c5c(Cl)cccc5Cl)noc3C3CC3)C4)c2)cc1)N1CCOCC1. The zero-order valence-electron chi connectivity index (χ0n) is 27.1. The van der Waals surface area contributed by atoms with E-state index in [-0.39, 0.29) is 30.1 Å². The Morgan fingerprint density at radius 2 is 1.57 bits per heavy atom. The molecule has 3 aromatic carbocycles. The van der Waals surface area contributed by atoms with Gasteiger partial charge in [-0.1, -0.05) is 58.7 Å². The molecule has 254 valence electrons. The van der Waals surface area contributed by atoms with Crippen LogP contribution < -0.4 is 5.32 Å². The number of morpholine rings is 1. The lowest BCUT2D eigenvalue weighted by atomic mass is 9.99. The molecule has 0 spiro atoms. The molecule has 2 bridgehead atoms. The molecule has 4 fully saturated rings. The molecule has 2 unspecified atom stereocenters. The van der Waals surface area contributed by atoms with Gasteiger partial charge in [0.1, 0.15) is 11.5 Å². The van der Waals surface area contributed by atoms with Gasteiger partial charge >= 0.3 is 6.03 Å². The number of ether oxygens (including phenoxy) is 2. The Balaban J connectivity index is 0.906. The number of rotatable bonds is 8. The number of carbonyl (C=O) groups is 2. The van der Waals surface area contributed by atoms with Crippen LogP contribution in [0.3, 0.4) is 0 Å². The van der Waals surface area contributed by atoms with E-state index in [1.54, 1.807) is 0 Å². The first-order valence-electron chi connectivity index (χ1n) is 17.1. The summed E-state index contributed by atoms with van der Waals surface area (Å²) in [5, 5.41) is 8.61. The Bertz CT molecular complexity index is 1820. The summed E-state index contributed by atoms with van der Waals surface area (Å²) in [5.41, 5.74) is 5.58. The number of benzene rings is 3. The van der Waals surface area contributed by atoms with Crippen molar-refractivity contribution in [1.29, 1.82) is 0 Å². The van der Waals surface area contributed by atoms with Crippen molar-refractivity contribution in [1.82, 2.24) is 15.0 Å². The van der Waals surface area contributed by atoms with E-state index in [2.05, 4.69) is 10.5 Å². The number of urea groups is 1. The minimum Gasteiger partial charge on any atom is -0.378 e. The van der Waals surface area contributed by atoms with Crippen molar-refractivity contribution in [2.45, 2.75) is 69.2 Å². The predicted octanol–water partition coefficient (Wildman–Crippen LogP) is 8.41. The molecule has 11 heteroatoms. The number of nitrogens with zero attached hydrogens (tertiary/aromatic N) is 3. The van der Waals surface area contributed by atoms with Crippen LogP contribution in [0.4, 0.5) is 10.5 Å². The van der Waals surface area contributed by atoms with Crippen LogP contribution in [0.1, 0.15) is 66.1 Å². The first-order chi connectivity index (χ1) is 23.9. The number of fused-ring (bicyclic) bond motifs is 2. The number of amides is 3. The number of nitrogens with one attached hydrogen (secondary N) is 1. The smallest absolute Gasteiger partial charge is 0.322 e. The maximum absolute atomic E-state index is 13.7. The number of halogens is 2. The summed E-state index contributed by atoms with van der Waals surface area (Å²) >= 11 is 13.1. The molecule has 1 saturated carbocycles. The molecule has 8 rings (SSSR count). The topological polar surface area (TPSA) is 97.1 Å². The van der Waals surface area contributed by atoms with E-state index in [0.717, 1.165) is 66.7 Å². The summed E-state index contributed by atoms with van der Waals surface area (Å²) in [4.78, 5) is 30.4. The molecule has 0 radical (unpaired) electrons. The van der Waals surface area contributed by atoms with Crippen LogP contribution in [-0.4, -0.2) is 71.4 Å². The van der Waals surface area contributed by atoms with Gasteiger partial charge in [0.05, 0.1) is 36.0 Å². The monoisotopic (exact) mass is 700 g/mol. The zero-order chi connectivity index (χ0) is 33.5. The highest BCUT2D eigenvalue weighted by molar-refractivity contribution is 6.39. The van der Waals surface area contributed by atoms with E-state index in [1.807, 2.05) is 76.5 Å². The number of hydrogen-bond acceptors (Lipinski definition) is 6. The van der Waals surface area contributed by atoms with E-state index in [4.69, 9.17) is 37.2 Å². The quantitative estimate of drug-likeness (QED) is 0.198. The van der Waals surface area contributed by atoms with Gasteiger partial charge in [-0.3, -0.25) is 4.79 Å². The maximum Gasteiger partial charge on any atom is 0.322 e. The van der Waals surface area contributed by atoms with Crippen molar-refractivity contribution in [2.24, 2.45) is 0 Å². The summed E-state index contributed by atoms with van der Waals surface area (Å²) in [5.74, 6) is 1.24. The van der Waals surface area contributed by atoms with Crippen LogP contribution in [0, 0.1) is 0 Å². The predicted molar refractivity (Wildman–Crippen MR) is 188 cm³/mol. The van der Waals surface area contributed by atoms with Gasteiger partial charge in [0.25, 0.3) is 5.91 Å². The molecule has 4 aliphatic rings. The van der Waals surface area contributed by atoms with E-state index in [0.29, 0.717) is 65.7 Å². The summed E-state index contributed by atoms with van der Waals surface area (Å²) in [7, 11) is 0. The lowest BCUT2D eigenvalue weighted by molar-refractivity contribution is -0.0158. The Morgan fingerprint density at radius 1 is 0.878 bits per heavy atom. The van der Waals surface area contributed by atoms with E-state index in [9.17, 15) is 9.59 Å². The number of aromatic nitrogens is 1. The molecular formula is C38H38Cl2N4O5. The molecule has 1 aromatic heterocycles. The lowest BCUT2D eigenvalue weighted by Crippen LogP contribution is -2.50. The van der Waals surface area contributed by atoms with E-state index < -0.39 is 0 Å². The fourth-order valence-electron chi connectivity index (χ4n) is 7.56. The highest BCUT2D eigenvalue weighted by atomic mass is 35.5. The lowest BCUT2D eigenvalue weighted by Gasteiger charge is -2.38. The van der Waals surface area contributed by atoms with Gasteiger partial charge < -0.3 is 29.1 Å². The Kier molecular flexibility index (Phi) is 9.09. The van der Waals surface area contributed by atoms with Crippen LogP contribution in [0.5, 0.6) is 0 Å². The first kappa shape index (κ1) is 32.3. The van der Waals surface area contributed by atoms with Crippen LogP contribution in [0.25, 0.3) is 22.4 Å². The molecule has 3 aliphatic heterocycles. The van der Waals surface area contributed by atoms with Gasteiger partial charge in [-0.25, -0.2) is 4.79 Å². The highest BCUT2D eigenvalue weighted by Crippen LogP contribution is 2.46. The zero-order valence-corrected chi connectivity index (χ0v) is 28.6. The fraction of sp³-hybridized carbons (Fsp3) is 0.395. The maximum atomic E-state index is 13.7. The molecule has 9 nitrogen and oxygen atoms in total. The van der Waals surface area contributed by atoms with Gasteiger partial charge in [0, 0.05) is 53.5 Å². The van der Waals surface area contributed by atoms with Crippen molar-refractivity contribution in [3.8, 4) is 22.4 Å². The van der Waals surface area contributed by atoms with Gasteiger partial charge in [0.15, 0.2) is 0 Å². The van der Waals surface area contributed by atoms with Crippen molar-refractivity contribution in [3.05, 3.63) is 93.7 Å². The molecule has 3 saturated heterocycles. The van der Waals surface area contributed by atoms with Crippen LogP contribution >= 0.6 is 23.2 Å². The summed E-state index contributed by atoms with van der Waals surface area (Å²) in [6.07, 6.45) is 5.60. The minimum absolute atomic E-state index is 0.0134. The molecule has 4 aromatic rings. The minimum atomic E-state index is -0.0831. The largest absolute Gasteiger partial charge is 0.378 e. The summed E-state index contributed by atoms with van der Waals surface area (Å²) < 4.78 is 17.8. The number of hydrogen-bond donors (Lipinski definition) is 1. The fourth-order valence-corrected chi connectivity index (χ4v) is 8.14. The third-order valence-corrected chi connectivity index (χ3v) is 10.9. The van der Waals surface area contributed by atoms with Crippen molar-refractivity contribution >= 4 is 40.8 Å². The van der Waals surface area contributed by atoms with Crippen molar-refractivity contribution < 1.29 is 23.6 Å². The highest BCUT2D eigenvalue weighted by Gasteiger charge is 2.44. The van der Waals surface area contributed by atoms with Gasteiger partial charge in [0.2, 0.25) is 0 Å². The van der Waals surface area contributed by atoms with Crippen molar-refractivity contribution in [3.63, 3.8) is 0 Å². The second-order valence-electron chi connectivity index (χ2n) is 13.4. The Labute approximate surface area is 295 Å². The molecule has 1 aliphatic carbocycles. The molecule has 4 heterocycles. The number of anilines is 1. The van der Waals surface area contributed by atoms with Gasteiger partial charge in [-0.2, -0.15) is 0 Å². The van der Waals surface area contributed by atoms with Crippen LogP contribution in [-0.2, 0) is 16.1 Å². The molecule has 49 heavy (non-hydrogen) atoms. The molecular weight excluding hydrogens is 663 g/mol. The third-order valence-electron chi connectivity index (χ3n) is 10.2. The third kappa shape index (κ3) is 6.69. The summed E-state index contributed by atoms with van der Waals surface area (Å²) in [6.45, 7) is 2.73.